The second-order valence-electron chi connectivity index (χ2n) is 9.82. The van der Waals surface area contributed by atoms with Crippen molar-refractivity contribution in [1.82, 2.24) is 20.4 Å². The van der Waals surface area contributed by atoms with Gasteiger partial charge in [-0.25, -0.2) is 4.79 Å². The first-order valence-corrected chi connectivity index (χ1v) is 12.2. The summed E-state index contributed by atoms with van der Waals surface area (Å²) >= 11 is 0. The average Bonchev–Trinajstić information content (AvgIpc) is 3.06. The fraction of sp³-hybridized carbons (Fsp3) is 0.560. The van der Waals surface area contributed by atoms with Crippen LogP contribution in [0.5, 0.6) is 5.75 Å². The summed E-state index contributed by atoms with van der Waals surface area (Å²) in [5.74, 6) is -2.05. The number of ether oxygens (including phenoxy) is 3. The number of hydrogen-bond acceptors (Lipinski definition) is 9. The van der Waals surface area contributed by atoms with Crippen molar-refractivity contribution < 1.29 is 38.2 Å². The third kappa shape index (κ3) is 7.49. The predicted molar refractivity (Wildman–Crippen MR) is 131 cm³/mol. The molecule has 0 aromatic heterocycles. The van der Waals surface area contributed by atoms with Crippen LogP contribution in [-0.4, -0.2) is 97.7 Å². The number of imide groups is 2. The van der Waals surface area contributed by atoms with Crippen molar-refractivity contribution in [2.24, 2.45) is 0 Å². The number of piperidine rings is 1. The molecule has 2 aliphatic rings. The molecule has 2 aliphatic heterocycles. The Morgan fingerprint density at radius 2 is 1.86 bits per heavy atom. The normalized spacial score (nSPS) is 17.6. The maximum absolute atomic E-state index is 13.1. The number of nitrogens with one attached hydrogen (secondary N) is 2. The number of benzene rings is 1. The fourth-order valence-electron chi connectivity index (χ4n) is 3.91. The van der Waals surface area contributed by atoms with E-state index in [9.17, 15) is 24.0 Å². The van der Waals surface area contributed by atoms with Gasteiger partial charge in [0.2, 0.25) is 11.8 Å². The van der Waals surface area contributed by atoms with Crippen LogP contribution in [0.25, 0.3) is 0 Å². The molecule has 1 aromatic carbocycles. The van der Waals surface area contributed by atoms with Gasteiger partial charge in [-0.3, -0.25) is 29.4 Å². The van der Waals surface area contributed by atoms with E-state index in [4.69, 9.17) is 14.2 Å². The highest BCUT2D eigenvalue weighted by Crippen LogP contribution is 2.33. The van der Waals surface area contributed by atoms with E-state index in [1.165, 1.54) is 6.07 Å². The fourth-order valence-corrected chi connectivity index (χ4v) is 3.91. The van der Waals surface area contributed by atoms with Crippen molar-refractivity contribution in [3.05, 3.63) is 29.3 Å². The van der Waals surface area contributed by atoms with E-state index < -0.39 is 41.4 Å². The Labute approximate surface area is 215 Å². The lowest BCUT2D eigenvalue weighted by Crippen LogP contribution is -2.54. The van der Waals surface area contributed by atoms with Gasteiger partial charge >= 0.3 is 6.09 Å². The zero-order valence-electron chi connectivity index (χ0n) is 21.6. The molecule has 12 heteroatoms. The summed E-state index contributed by atoms with van der Waals surface area (Å²) in [5.41, 5.74) is -0.272. The SMILES string of the molecule is CN(CCNC(=O)OC(C)(C)C)CCOCCOc1cccc2c1C(=O)N(C1CCC(=O)NC1=O)C2=O. The minimum atomic E-state index is -1.03. The number of nitrogens with zero attached hydrogens (tertiary/aromatic N) is 2. The van der Waals surface area contributed by atoms with Gasteiger partial charge in [-0.05, 0) is 46.4 Å². The smallest absolute Gasteiger partial charge is 0.407 e. The summed E-state index contributed by atoms with van der Waals surface area (Å²) in [6.07, 6.45) is -0.312. The Hall–Kier alpha value is -3.51. The summed E-state index contributed by atoms with van der Waals surface area (Å²) in [5, 5.41) is 4.87. The van der Waals surface area contributed by atoms with Crippen LogP contribution in [0.15, 0.2) is 18.2 Å². The van der Waals surface area contributed by atoms with Crippen molar-refractivity contribution >= 4 is 29.7 Å². The van der Waals surface area contributed by atoms with E-state index in [0.29, 0.717) is 26.2 Å². The first kappa shape index (κ1) is 28.1. The summed E-state index contributed by atoms with van der Waals surface area (Å²) in [4.78, 5) is 64.1. The molecule has 1 saturated heterocycles. The molecule has 3 rings (SSSR count). The lowest BCUT2D eigenvalue weighted by Gasteiger charge is -2.27. The molecule has 12 nitrogen and oxygen atoms in total. The summed E-state index contributed by atoms with van der Waals surface area (Å²) < 4.78 is 16.5. The Bertz CT molecular complexity index is 1050. The molecule has 1 aromatic rings. The summed E-state index contributed by atoms with van der Waals surface area (Å²) in [6.45, 7) is 7.94. The average molecular weight is 519 g/mol. The number of alkyl carbamates (subject to hydrolysis) is 1. The molecule has 37 heavy (non-hydrogen) atoms. The van der Waals surface area contributed by atoms with Gasteiger partial charge < -0.3 is 24.4 Å². The van der Waals surface area contributed by atoms with Crippen molar-refractivity contribution in [1.29, 1.82) is 0 Å². The zero-order chi connectivity index (χ0) is 27.2. The van der Waals surface area contributed by atoms with Gasteiger partial charge in [-0.2, -0.15) is 0 Å². The molecular weight excluding hydrogens is 484 g/mol. The zero-order valence-corrected chi connectivity index (χ0v) is 21.6. The van der Waals surface area contributed by atoms with E-state index >= 15 is 0 Å². The van der Waals surface area contributed by atoms with E-state index in [2.05, 4.69) is 10.6 Å². The Morgan fingerprint density at radius 3 is 2.57 bits per heavy atom. The Morgan fingerprint density at radius 1 is 1.11 bits per heavy atom. The van der Waals surface area contributed by atoms with Gasteiger partial charge in [0.15, 0.2) is 0 Å². The summed E-state index contributed by atoms with van der Waals surface area (Å²) in [6, 6.07) is 3.67. The standard InChI is InChI=1S/C25H34N4O8/c1-25(2,3)37-24(34)26-10-11-28(4)12-13-35-14-15-36-18-7-5-6-16-20(18)23(33)29(22(16)32)17-8-9-19(30)27-21(17)31/h5-7,17H,8-15H2,1-4H3,(H,26,34)(H,27,30,31). The van der Waals surface area contributed by atoms with E-state index in [-0.39, 0.29) is 42.9 Å². The molecule has 1 unspecified atom stereocenters. The van der Waals surface area contributed by atoms with Crippen molar-refractivity contribution in [3.63, 3.8) is 0 Å². The second-order valence-corrected chi connectivity index (χ2v) is 9.82. The molecule has 0 spiro atoms. The number of carbonyl (C=O) groups excluding carboxylic acids is 5. The van der Waals surface area contributed by atoms with E-state index in [0.717, 1.165) is 4.90 Å². The minimum Gasteiger partial charge on any atom is -0.490 e. The number of fused-ring (bicyclic) bond motifs is 1. The number of rotatable bonds is 11. The van der Waals surface area contributed by atoms with Gasteiger partial charge in [0, 0.05) is 26.1 Å². The molecule has 2 heterocycles. The van der Waals surface area contributed by atoms with Crippen LogP contribution in [0.2, 0.25) is 0 Å². The second kappa shape index (κ2) is 12.2. The topological polar surface area (TPSA) is 144 Å². The maximum Gasteiger partial charge on any atom is 0.407 e. The molecule has 0 saturated carbocycles. The first-order valence-electron chi connectivity index (χ1n) is 12.2. The van der Waals surface area contributed by atoms with Crippen LogP contribution in [0.3, 0.4) is 0 Å². The summed E-state index contributed by atoms with van der Waals surface area (Å²) in [7, 11) is 1.90. The maximum atomic E-state index is 13.1. The largest absolute Gasteiger partial charge is 0.490 e. The number of hydrogen-bond donors (Lipinski definition) is 2. The lowest BCUT2D eigenvalue weighted by molar-refractivity contribution is -0.136. The number of likely N-dealkylation sites (N-methyl/N-ethyl adjacent to an activating group) is 1. The van der Waals surface area contributed by atoms with Crippen LogP contribution in [-0.2, 0) is 19.1 Å². The van der Waals surface area contributed by atoms with Gasteiger partial charge in [-0.1, -0.05) is 6.07 Å². The van der Waals surface area contributed by atoms with Crippen molar-refractivity contribution in [3.8, 4) is 5.75 Å². The van der Waals surface area contributed by atoms with Crippen LogP contribution in [0.1, 0.15) is 54.3 Å². The molecule has 1 fully saturated rings. The molecule has 0 bridgehead atoms. The first-order chi connectivity index (χ1) is 17.5. The van der Waals surface area contributed by atoms with Gasteiger partial charge in [0.25, 0.3) is 11.8 Å². The molecule has 0 aliphatic carbocycles. The van der Waals surface area contributed by atoms with Gasteiger partial charge in [0.1, 0.15) is 24.0 Å². The van der Waals surface area contributed by atoms with Crippen LogP contribution in [0.4, 0.5) is 4.79 Å². The van der Waals surface area contributed by atoms with Crippen molar-refractivity contribution in [2.75, 3.05) is 46.5 Å². The van der Waals surface area contributed by atoms with E-state index in [1.807, 2.05) is 11.9 Å². The monoisotopic (exact) mass is 518 g/mol. The molecule has 1 atom stereocenters. The quantitative estimate of drug-likeness (QED) is 0.323. The lowest BCUT2D eigenvalue weighted by atomic mass is 10.0. The Kier molecular flexibility index (Phi) is 9.22. The van der Waals surface area contributed by atoms with Gasteiger partial charge in [-0.15, -0.1) is 0 Å². The van der Waals surface area contributed by atoms with Gasteiger partial charge in [0.05, 0.1) is 24.3 Å². The molecule has 2 N–H and O–H groups in total. The highest BCUT2D eigenvalue weighted by atomic mass is 16.6. The highest BCUT2D eigenvalue weighted by molar-refractivity contribution is 6.24. The third-order valence-corrected chi connectivity index (χ3v) is 5.69. The Balaban J connectivity index is 1.40. The van der Waals surface area contributed by atoms with E-state index in [1.54, 1.807) is 32.9 Å². The number of carbonyl (C=O) groups is 5. The number of amides is 5. The highest BCUT2D eigenvalue weighted by Gasteiger charge is 2.45. The molecular formula is C25H34N4O8. The molecule has 202 valence electrons. The predicted octanol–water partition coefficient (Wildman–Crippen LogP) is 0.940. The molecule has 5 amide bonds. The van der Waals surface area contributed by atoms with Crippen molar-refractivity contribution in [2.45, 2.75) is 45.3 Å². The van der Waals surface area contributed by atoms with Crippen LogP contribution in [0, 0.1) is 0 Å². The third-order valence-electron chi connectivity index (χ3n) is 5.69. The molecule has 0 radical (unpaired) electrons. The van der Waals surface area contributed by atoms with Crippen LogP contribution < -0.4 is 15.4 Å². The minimum absolute atomic E-state index is 0.0555. The van der Waals surface area contributed by atoms with Crippen LogP contribution >= 0.6 is 0 Å².